The molecule has 1 atom stereocenters. The number of nitrogens with two attached hydrogens (primary N) is 1. The molecule has 3 rings (SSSR count). The average molecular weight is 362 g/mol. The summed E-state index contributed by atoms with van der Waals surface area (Å²) in [6, 6.07) is 3.21. The highest BCUT2D eigenvalue weighted by Gasteiger charge is 2.34. The molecule has 2 amide bonds. The van der Waals surface area contributed by atoms with Crippen LogP contribution in [0.15, 0.2) is 12.1 Å². The van der Waals surface area contributed by atoms with Gasteiger partial charge in [-0.3, -0.25) is 19.8 Å². The van der Waals surface area contributed by atoms with E-state index in [0.717, 1.165) is 5.01 Å². The molecule has 2 aromatic heterocycles. The number of fused-ring (bicyclic) bond motifs is 1. The van der Waals surface area contributed by atoms with Crippen molar-refractivity contribution in [1.82, 2.24) is 15.2 Å². The van der Waals surface area contributed by atoms with Crippen molar-refractivity contribution < 1.29 is 14.3 Å². The number of amides is 2. The molecule has 3 N–H and O–H groups in total. The number of hydrogen-bond donors (Lipinski definition) is 2. The number of aromatic nitrogens is 3. The van der Waals surface area contributed by atoms with Gasteiger partial charge in [-0.2, -0.15) is 0 Å². The van der Waals surface area contributed by atoms with Crippen molar-refractivity contribution in [2.45, 2.75) is 32.8 Å². The van der Waals surface area contributed by atoms with E-state index in [0.29, 0.717) is 10.9 Å². The van der Waals surface area contributed by atoms with Crippen LogP contribution >= 0.6 is 11.3 Å². The SMILES string of the molecule is CC1Oc2ccc(N)nc2N(CC(=O)Nc2nnc(C(C)C)s2)C1=O. The second-order valence-corrected chi connectivity index (χ2v) is 6.90. The van der Waals surface area contributed by atoms with E-state index >= 15 is 0 Å². The van der Waals surface area contributed by atoms with Gasteiger partial charge in [0.15, 0.2) is 17.7 Å². The lowest BCUT2D eigenvalue weighted by atomic mass is 10.2. The normalized spacial score (nSPS) is 16.6. The molecule has 3 heterocycles. The lowest BCUT2D eigenvalue weighted by Gasteiger charge is -2.31. The minimum atomic E-state index is -0.709. The van der Waals surface area contributed by atoms with E-state index in [-0.39, 0.29) is 30.0 Å². The molecule has 10 heteroatoms. The van der Waals surface area contributed by atoms with E-state index < -0.39 is 12.0 Å². The molecule has 2 aromatic rings. The van der Waals surface area contributed by atoms with Gasteiger partial charge in [0.1, 0.15) is 17.4 Å². The second kappa shape index (κ2) is 6.63. The Labute approximate surface area is 148 Å². The monoisotopic (exact) mass is 362 g/mol. The summed E-state index contributed by atoms with van der Waals surface area (Å²) in [6.45, 7) is 5.39. The van der Waals surface area contributed by atoms with Gasteiger partial charge in [-0.1, -0.05) is 25.2 Å². The molecule has 0 aromatic carbocycles. The average Bonchev–Trinajstić information content (AvgIpc) is 3.01. The molecule has 0 spiro atoms. The minimum Gasteiger partial charge on any atom is -0.477 e. The van der Waals surface area contributed by atoms with Crippen LogP contribution in [0.5, 0.6) is 5.75 Å². The molecule has 1 unspecified atom stereocenters. The third-order valence-electron chi connectivity index (χ3n) is 3.52. The Balaban J connectivity index is 1.77. The quantitative estimate of drug-likeness (QED) is 0.842. The number of rotatable bonds is 4. The van der Waals surface area contributed by atoms with E-state index in [9.17, 15) is 9.59 Å². The van der Waals surface area contributed by atoms with Gasteiger partial charge in [0.25, 0.3) is 5.91 Å². The predicted octanol–water partition coefficient (Wildman–Crippen LogP) is 1.39. The number of nitrogens with zero attached hydrogens (tertiary/aromatic N) is 4. The molecule has 132 valence electrons. The number of ether oxygens (including phenoxy) is 1. The third kappa shape index (κ3) is 3.53. The fourth-order valence-electron chi connectivity index (χ4n) is 2.27. The van der Waals surface area contributed by atoms with Crippen molar-refractivity contribution >= 4 is 39.9 Å². The lowest BCUT2D eigenvalue weighted by Crippen LogP contribution is -2.48. The summed E-state index contributed by atoms with van der Waals surface area (Å²) < 4.78 is 5.50. The van der Waals surface area contributed by atoms with Crippen molar-refractivity contribution in [3.05, 3.63) is 17.1 Å². The van der Waals surface area contributed by atoms with Crippen molar-refractivity contribution in [2.75, 3.05) is 22.5 Å². The first-order valence-corrected chi connectivity index (χ1v) is 8.54. The molecule has 0 saturated carbocycles. The summed E-state index contributed by atoms with van der Waals surface area (Å²) in [4.78, 5) is 30.1. The van der Waals surface area contributed by atoms with Gasteiger partial charge in [0.2, 0.25) is 11.0 Å². The number of carbonyl (C=O) groups is 2. The van der Waals surface area contributed by atoms with Crippen molar-refractivity contribution in [3.8, 4) is 5.75 Å². The molecule has 9 nitrogen and oxygen atoms in total. The summed E-state index contributed by atoms with van der Waals surface area (Å²) in [5.74, 6) is 0.347. The Morgan fingerprint density at radius 1 is 1.44 bits per heavy atom. The van der Waals surface area contributed by atoms with Crippen LogP contribution < -0.4 is 20.7 Å². The van der Waals surface area contributed by atoms with Gasteiger partial charge < -0.3 is 10.5 Å². The van der Waals surface area contributed by atoms with Crippen molar-refractivity contribution in [1.29, 1.82) is 0 Å². The summed E-state index contributed by atoms with van der Waals surface area (Å²) in [5.41, 5.74) is 5.69. The number of hydrogen-bond acceptors (Lipinski definition) is 8. The maximum absolute atomic E-state index is 12.4. The number of nitrogen functional groups attached to an aromatic ring is 1. The molecule has 0 bridgehead atoms. The third-order valence-corrected chi connectivity index (χ3v) is 4.66. The zero-order chi connectivity index (χ0) is 18.1. The first-order valence-electron chi connectivity index (χ1n) is 7.73. The largest absolute Gasteiger partial charge is 0.477 e. The van der Waals surface area contributed by atoms with E-state index in [1.807, 2.05) is 13.8 Å². The van der Waals surface area contributed by atoms with Crippen LogP contribution in [0.4, 0.5) is 16.8 Å². The molecule has 0 saturated heterocycles. The summed E-state index contributed by atoms with van der Waals surface area (Å²) in [5, 5.41) is 11.8. The Bertz CT molecular complexity index is 821. The summed E-state index contributed by atoms with van der Waals surface area (Å²) in [6.07, 6.45) is -0.709. The number of nitrogens with one attached hydrogen (secondary N) is 1. The van der Waals surface area contributed by atoms with Crippen LogP contribution in [0.2, 0.25) is 0 Å². The van der Waals surface area contributed by atoms with Gasteiger partial charge in [-0.05, 0) is 19.1 Å². The first-order chi connectivity index (χ1) is 11.8. The van der Waals surface area contributed by atoms with Crippen LogP contribution in [-0.4, -0.2) is 39.6 Å². The number of anilines is 3. The molecular formula is C15H18N6O3S. The predicted molar refractivity (Wildman–Crippen MR) is 93.7 cm³/mol. The van der Waals surface area contributed by atoms with Gasteiger partial charge in [-0.25, -0.2) is 4.98 Å². The Hall–Kier alpha value is -2.75. The molecule has 1 aliphatic heterocycles. The zero-order valence-corrected chi connectivity index (χ0v) is 14.8. The van der Waals surface area contributed by atoms with Crippen LogP contribution in [-0.2, 0) is 9.59 Å². The minimum absolute atomic E-state index is 0.216. The maximum Gasteiger partial charge on any atom is 0.269 e. The molecule has 0 aliphatic carbocycles. The van der Waals surface area contributed by atoms with Crippen LogP contribution in [0.1, 0.15) is 31.7 Å². The Morgan fingerprint density at radius 2 is 2.20 bits per heavy atom. The maximum atomic E-state index is 12.4. The van der Waals surface area contributed by atoms with E-state index in [2.05, 4.69) is 20.5 Å². The molecule has 0 fully saturated rings. The van der Waals surface area contributed by atoms with Gasteiger partial charge in [0.05, 0.1) is 0 Å². The van der Waals surface area contributed by atoms with Crippen molar-refractivity contribution in [2.24, 2.45) is 0 Å². The van der Waals surface area contributed by atoms with Gasteiger partial charge >= 0.3 is 0 Å². The van der Waals surface area contributed by atoms with Crippen LogP contribution in [0, 0.1) is 0 Å². The molecule has 1 aliphatic rings. The van der Waals surface area contributed by atoms with Gasteiger partial charge in [0, 0.05) is 5.92 Å². The van der Waals surface area contributed by atoms with E-state index in [4.69, 9.17) is 10.5 Å². The molecule has 0 radical (unpaired) electrons. The highest BCUT2D eigenvalue weighted by Crippen LogP contribution is 2.32. The van der Waals surface area contributed by atoms with Crippen molar-refractivity contribution in [3.63, 3.8) is 0 Å². The first kappa shape index (κ1) is 17.1. The Morgan fingerprint density at radius 3 is 2.88 bits per heavy atom. The molecule has 25 heavy (non-hydrogen) atoms. The fourth-order valence-corrected chi connectivity index (χ4v) is 3.04. The van der Waals surface area contributed by atoms with Gasteiger partial charge in [-0.15, -0.1) is 10.2 Å². The summed E-state index contributed by atoms with van der Waals surface area (Å²) in [7, 11) is 0. The fraction of sp³-hybridized carbons (Fsp3) is 0.400. The number of pyridine rings is 1. The second-order valence-electron chi connectivity index (χ2n) is 5.89. The lowest BCUT2D eigenvalue weighted by molar-refractivity contribution is -0.127. The van der Waals surface area contributed by atoms with E-state index in [1.54, 1.807) is 19.1 Å². The summed E-state index contributed by atoms with van der Waals surface area (Å²) >= 11 is 1.30. The number of carbonyl (C=O) groups excluding carboxylic acids is 2. The topological polar surface area (TPSA) is 123 Å². The highest BCUT2D eigenvalue weighted by atomic mass is 32.1. The molecular weight excluding hydrogens is 344 g/mol. The Kier molecular flexibility index (Phi) is 4.53. The van der Waals surface area contributed by atoms with E-state index in [1.165, 1.54) is 16.2 Å². The van der Waals surface area contributed by atoms with Crippen LogP contribution in [0.3, 0.4) is 0 Å². The smallest absolute Gasteiger partial charge is 0.269 e. The standard InChI is InChI=1S/C15H18N6O3S/c1-7(2)13-19-20-15(25-13)18-11(22)6-21-12-9(4-5-10(16)17-12)24-8(3)14(21)23/h4-5,7-8H,6H2,1-3H3,(H2,16,17)(H,18,20,22). The zero-order valence-electron chi connectivity index (χ0n) is 14.0. The highest BCUT2D eigenvalue weighted by molar-refractivity contribution is 7.15. The van der Waals surface area contributed by atoms with Crippen LogP contribution in [0.25, 0.3) is 0 Å².